The van der Waals surface area contributed by atoms with Gasteiger partial charge in [0.2, 0.25) is 0 Å². The van der Waals surface area contributed by atoms with Gasteiger partial charge in [0.15, 0.2) is 0 Å². The number of hydrogen-bond donors (Lipinski definition) is 1. The van der Waals surface area contributed by atoms with Crippen molar-refractivity contribution in [1.29, 1.82) is 0 Å². The summed E-state index contributed by atoms with van der Waals surface area (Å²) in [7, 11) is 0. The predicted molar refractivity (Wildman–Crippen MR) is 85.6 cm³/mol. The van der Waals surface area contributed by atoms with Crippen molar-refractivity contribution in [3.05, 3.63) is 0 Å². The minimum absolute atomic E-state index is 0.438. The van der Waals surface area contributed by atoms with Gasteiger partial charge in [-0.2, -0.15) is 0 Å². The standard InChI is InChI=1S/C17H36N2/c1-7-19(8-2)13-14(3)18-16-12-10-9-11-15(16)17(4,5)6/h14-16,18H,7-13H2,1-6H3. The van der Waals surface area contributed by atoms with E-state index in [9.17, 15) is 0 Å². The molecule has 0 bridgehead atoms. The second-order valence-electron chi connectivity index (χ2n) is 7.42. The molecule has 0 aromatic carbocycles. The third-order valence-corrected chi connectivity index (χ3v) is 4.80. The zero-order valence-corrected chi connectivity index (χ0v) is 14.1. The van der Waals surface area contributed by atoms with Gasteiger partial charge in [-0.1, -0.05) is 47.5 Å². The highest BCUT2D eigenvalue weighted by atomic mass is 15.1. The first-order chi connectivity index (χ1) is 8.88. The van der Waals surface area contributed by atoms with Crippen LogP contribution in [0.15, 0.2) is 0 Å². The number of nitrogens with zero attached hydrogens (tertiary/aromatic N) is 1. The van der Waals surface area contributed by atoms with Gasteiger partial charge in [-0.25, -0.2) is 0 Å². The summed E-state index contributed by atoms with van der Waals surface area (Å²) in [4.78, 5) is 2.52. The fourth-order valence-corrected chi connectivity index (χ4v) is 3.65. The third kappa shape index (κ3) is 5.43. The van der Waals surface area contributed by atoms with E-state index in [4.69, 9.17) is 0 Å². The van der Waals surface area contributed by atoms with Gasteiger partial charge in [0.25, 0.3) is 0 Å². The molecule has 1 aliphatic carbocycles. The van der Waals surface area contributed by atoms with Crippen LogP contribution in [-0.4, -0.2) is 36.6 Å². The number of rotatable bonds is 6. The maximum atomic E-state index is 3.93. The highest BCUT2D eigenvalue weighted by molar-refractivity contribution is 4.89. The van der Waals surface area contributed by atoms with Gasteiger partial charge >= 0.3 is 0 Å². The Morgan fingerprint density at radius 2 is 1.68 bits per heavy atom. The van der Waals surface area contributed by atoms with E-state index < -0.39 is 0 Å². The zero-order chi connectivity index (χ0) is 14.5. The van der Waals surface area contributed by atoms with Crippen molar-refractivity contribution in [3.8, 4) is 0 Å². The fraction of sp³-hybridized carbons (Fsp3) is 1.00. The fourth-order valence-electron chi connectivity index (χ4n) is 3.65. The maximum Gasteiger partial charge on any atom is 0.0169 e. The van der Waals surface area contributed by atoms with Crippen molar-refractivity contribution in [3.63, 3.8) is 0 Å². The molecule has 0 saturated heterocycles. The molecule has 0 aliphatic heterocycles. The quantitative estimate of drug-likeness (QED) is 0.785. The molecule has 0 heterocycles. The molecule has 1 N–H and O–H groups in total. The smallest absolute Gasteiger partial charge is 0.0169 e. The molecular weight excluding hydrogens is 232 g/mol. The topological polar surface area (TPSA) is 15.3 Å². The molecular formula is C17H36N2. The van der Waals surface area contributed by atoms with Crippen molar-refractivity contribution in [2.24, 2.45) is 11.3 Å². The lowest BCUT2D eigenvalue weighted by Crippen LogP contribution is -2.50. The van der Waals surface area contributed by atoms with Gasteiger partial charge in [-0.05, 0) is 44.2 Å². The lowest BCUT2D eigenvalue weighted by atomic mass is 9.69. The number of likely N-dealkylation sites (N-methyl/N-ethyl adjacent to an activating group) is 1. The van der Waals surface area contributed by atoms with Crippen LogP contribution in [0.4, 0.5) is 0 Å². The van der Waals surface area contributed by atoms with E-state index in [1.54, 1.807) is 0 Å². The maximum absolute atomic E-state index is 3.93. The molecule has 0 radical (unpaired) electrons. The Labute approximate surface area is 121 Å². The summed E-state index contributed by atoms with van der Waals surface area (Å²) in [6.45, 7) is 17.6. The van der Waals surface area contributed by atoms with Gasteiger partial charge < -0.3 is 10.2 Å². The molecule has 0 spiro atoms. The second kappa shape index (κ2) is 7.64. The molecule has 114 valence electrons. The molecule has 19 heavy (non-hydrogen) atoms. The molecule has 0 aromatic heterocycles. The minimum Gasteiger partial charge on any atom is -0.310 e. The highest BCUT2D eigenvalue weighted by Gasteiger charge is 2.34. The Kier molecular flexibility index (Phi) is 6.82. The summed E-state index contributed by atoms with van der Waals surface area (Å²) in [6, 6.07) is 1.33. The Morgan fingerprint density at radius 3 is 2.21 bits per heavy atom. The first kappa shape index (κ1) is 17.0. The number of hydrogen-bond acceptors (Lipinski definition) is 2. The monoisotopic (exact) mass is 268 g/mol. The lowest BCUT2D eigenvalue weighted by molar-refractivity contribution is 0.118. The summed E-state index contributed by atoms with van der Waals surface area (Å²) < 4.78 is 0. The van der Waals surface area contributed by atoms with Crippen molar-refractivity contribution in [1.82, 2.24) is 10.2 Å². The Bertz CT molecular complexity index is 240. The van der Waals surface area contributed by atoms with Crippen LogP contribution in [0.3, 0.4) is 0 Å². The van der Waals surface area contributed by atoms with Crippen LogP contribution >= 0.6 is 0 Å². The Morgan fingerprint density at radius 1 is 1.11 bits per heavy atom. The summed E-state index contributed by atoms with van der Waals surface area (Å²) >= 11 is 0. The van der Waals surface area contributed by atoms with Crippen molar-refractivity contribution in [2.75, 3.05) is 19.6 Å². The van der Waals surface area contributed by atoms with Gasteiger partial charge in [0.05, 0.1) is 0 Å². The van der Waals surface area contributed by atoms with E-state index in [2.05, 4.69) is 51.8 Å². The van der Waals surface area contributed by atoms with Crippen LogP contribution in [-0.2, 0) is 0 Å². The van der Waals surface area contributed by atoms with Crippen LogP contribution in [0.25, 0.3) is 0 Å². The van der Waals surface area contributed by atoms with Crippen molar-refractivity contribution in [2.45, 2.75) is 79.3 Å². The molecule has 2 heteroatoms. The zero-order valence-electron chi connectivity index (χ0n) is 14.1. The minimum atomic E-state index is 0.438. The van der Waals surface area contributed by atoms with Gasteiger partial charge in [-0.15, -0.1) is 0 Å². The van der Waals surface area contributed by atoms with E-state index in [1.165, 1.54) is 32.2 Å². The largest absolute Gasteiger partial charge is 0.310 e. The first-order valence-electron chi connectivity index (χ1n) is 8.36. The molecule has 1 saturated carbocycles. The Balaban J connectivity index is 2.52. The van der Waals surface area contributed by atoms with E-state index in [0.717, 1.165) is 25.0 Å². The normalized spacial score (nSPS) is 26.7. The second-order valence-corrected chi connectivity index (χ2v) is 7.42. The summed E-state index contributed by atoms with van der Waals surface area (Å²) in [5.41, 5.74) is 0.438. The van der Waals surface area contributed by atoms with Crippen molar-refractivity contribution < 1.29 is 0 Å². The van der Waals surface area contributed by atoms with Crippen LogP contribution in [0.1, 0.15) is 67.2 Å². The van der Waals surface area contributed by atoms with E-state index in [-0.39, 0.29) is 0 Å². The first-order valence-corrected chi connectivity index (χ1v) is 8.36. The molecule has 3 unspecified atom stereocenters. The van der Waals surface area contributed by atoms with Crippen molar-refractivity contribution >= 4 is 0 Å². The molecule has 2 nitrogen and oxygen atoms in total. The molecule has 1 fully saturated rings. The van der Waals surface area contributed by atoms with Gasteiger partial charge in [-0.3, -0.25) is 0 Å². The van der Waals surface area contributed by atoms with Crippen LogP contribution in [0.5, 0.6) is 0 Å². The Hall–Kier alpha value is -0.0800. The van der Waals surface area contributed by atoms with Gasteiger partial charge in [0, 0.05) is 18.6 Å². The van der Waals surface area contributed by atoms with E-state index >= 15 is 0 Å². The summed E-state index contributed by atoms with van der Waals surface area (Å²) in [5.74, 6) is 0.834. The van der Waals surface area contributed by atoms with Gasteiger partial charge in [0.1, 0.15) is 0 Å². The SMILES string of the molecule is CCN(CC)CC(C)NC1CCCCC1C(C)(C)C. The molecule has 0 amide bonds. The molecule has 1 rings (SSSR count). The van der Waals surface area contributed by atoms with Crippen LogP contribution < -0.4 is 5.32 Å². The van der Waals surface area contributed by atoms with E-state index in [1.807, 2.05) is 0 Å². The summed E-state index contributed by atoms with van der Waals surface area (Å²) in [6.07, 6.45) is 5.59. The summed E-state index contributed by atoms with van der Waals surface area (Å²) in [5, 5.41) is 3.93. The van der Waals surface area contributed by atoms with E-state index in [0.29, 0.717) is 11.5 Å². The van der Waals surface area contributed by atoms with Crippen LogP contribution in [0, 0.1) is 11.3 Å². The average molecular weight is 268 g/mol. The predicted octanol–water partition coefficient (Wildman–Crippen LogP) is 3.91. The van der Waals surface area contributed by atoms with Crippen LogP contribution in [0.2, 0.25) is 0 Å². The third-order valence-electron chi connectivity index (χ3n) is 4.80. The number of nitrogens with one attached hydrogen (secondary N) is 1. The molecule has 3 atom stereocenters. The molecule has 0 aromatic rings. The lowest BCUT2D eigenvalue weighted by Gasteiger charge is -2.42. The molecule has 1 aliphatic rings. The average Bonchev–Trinajstić information content (AvgIpc) is 2.35. The highest BCUT2D eigenvalue weighted by Crippen LogP contribution is 2.38.